The molecule has 0 aromatic heterocycles. The van der Waals surface area contributed by atoms with Crippen LogP contribution in [0.1, 0.15) is 36.1 Å². The van der Waals surface area contributed by atoms with Gasteiger partial charge in [-0.25, -0.2) is 8.78 Å². The van der Waals surface area contributed by atoms with Gasteiger partial charge in [0.05, 0.1) is 12.7 Å². The van der Waals surface area contributed by atoms with Crippen molar-refractivity contribution in [3.05, 3.63) is 29.3 Å². The van der Waals surface area contributed by atoms with Gasteiger partial charge in [0.25, 0.3) is 0 Å². The van der Waals surface area contributed by atoms with Crippen LogP contribution in [0.3, 0.4) is 0 Å². The van der Waals surface area contributed by atoms with Crippen molar-refractivity contribution in [3.8, 4) is 5.75 Å². The summed E-state index contributed by atoms with van der Waals surface area (Å²) in [4.78, 5) is -0.404. The number of hydrogen-bond donors (Lipinski definition) is 0. The summed E-state index contributed by atoms with van der Waals surface area (Å²) in [6.07, 6.45) is 3.53. The molecule has 5 heteroatoms. The van der Waals surface area contributed by atoms with Crippen molar-refractivity contribution in [1.82, 2.24) is 0 Å². The summed E-state index contributed by atoms with van der Waals surface area (Å²) in [6, 6.07) is 2.40. The number of halogens is 3. The SMILES string of the molecule is COc1cc(F)c(C(Br)CC2(OC)CCC2)c(F)c1. The highest BCUT2D eigenvalue weighted by Gasteiger charge is 2.39. The minimum absolute atomic E-state index is 0.0455. The first-order valence-electron chi connectivity index (χ1n) is 6.23. The van der Waals surface area contributed by atoms with Gasteiger partial charge in [-0.1, -0.05) is 15.9 Å². The second kappa shape index (κ2) is 5.75. The van der Waals surface area contributed by atoms with E-state index in [0.717, 1.165) is 19.3 Å². The number of rotatable bonds is 5. The van der Waals surface area contributed by atoms with Crippen LogP contribution in [0.15, 0.2) is 12.1 Å². The number of methoxy groups -OCH3 is 2. The molecule has 2 nitrogen and oxygen atoms in total. The molecule has 1 aromatic carbocycles. The maximum atomic E-state index is 14.0. The molecule has 0 spiro atoms. The molecule has 0 amide bonds. The molecule has 0 radical (unpaired) electrons. The smallest absolute Gasteiger partial charge is 0.134 e. The Morgan fingerprint density at radius 3 is 2.21 bits per heavy atom. The van der Waals surface area contributed by atoms with Crippen LogP contribution in [-0.2, 0) is 4.74 Å². The monoisotopic (exact) mass is 334 g/mol. The Morgan fingerprint density at radius 1 is 1.26 bits per heavy atom. The van der Waals surface area contributed by atoms with Gasteiger partial charge in [0.2, 0.25) is 0 Å². The van der Waals surface area contributed by atoms with Gasteiger partial charge < -0.3 is 9.47 Å². The van der Waals surface area contributed by atoms with Crippen molar-refractivity contribution in [3.63, 3.8) is 0 Å². The number of benzene rings is 1. The maximum absolute atomic E-state index is 14.0. The largest absolute Gasteiger partial charge is 0.497 e. The summed E-state index contributed by atoms with van der Waals surface area (Å²) in [5.74, 6) is -1.00. The molecule has 2 rings (SSSR count). The van der Waals surface area contributed by atoms with Gasteiger partial charge >= 0.3 is 0 Å². The van der Waals surface area contributed by atoms with Crippen LogP contribution in [0, 0.1) is 11.6 Å². The van der Waals surface area contributed by atoms with Gasteiger partial charge in [-0.15, -0.1) is 0 Å². The van der Waals surface area contributed by atoms with E-state index in [4.69, 9.17) is 9.47 Å². The van der Waals surface area contributed by atoms with E-state index in [0.29, 0.717) is 6.42 Å². The first kappa shape index (κ1) is 14.7. The number of alkyl halides is 1. The number of ether oxygens (including phenoxy) is 2. The van der Waals surface area contributed by atoms with E-state index in [2.05, 4.69) is 15.9 Å². The van der Waals surface area contributed by atoms with Crippen molar-refractivity contribution in [2.24, 2.45) is 0 Å². The first-order valence-corrected chi connectivity index (χ1v) is 7.15. The Balaban J connectivity index is 2.21. The van der Waals surface area contributed by atoms with Crippen LogP contribution in [0.4, 0.5) is 8.78 Å². The summed E-state index contributed by atoms with van der Waals surface area (Å²) in [5.41, 5.74) is -0.198. The van der Waals surface area contributed by atoms with Crippen LogP contribution in [-0.4, -0.2) is 19.8 Å². The highest BCUT2D eigenvalue weighted by Crippen LogP contribution is 2.45. The summed E-state index contributed by atoms with van der Waals surface area (Å²) < 4.78 is 38.3. The summed E-state index contributed by atoms with van der Waals surface area (Å²) in [7, 11) is 3.04. The molecular formula is C14H17BrF2O2. The van der Waals surface area contributed by atoms with Crippen LogP contribution in [0.5, 0.6) is 5.75 Å². The van der Waals surface area contributed by atoms with Crippen LogP contribution >= 0.6 is 15.9 Å². The average Bonchev–Trinajstić information content (AvgIpc) is 2.32. The highest BCUT2D eigenvalue weighted by atomic mass is 79.9. The molecule has 1 unspecified atom stereocenters. The molecule has 0 bridgehead atoms. The van der Waals surface area contributed by atoms with E-state index in [1.54, 1.807) is 7.11 Å². The van der Waals surface area contributed by atoms with Gasteiger partial charge in [-0.3, -0.25) is 0 Å². The quantitative estimate of drug-likeness (QED) is 0.744. The van der Waals surface area contributed by atoms with Crippen LogP contribution in [0.2, 0.25) is 0 Å². The molecule has 0 saturated heterocycles. The zero-order valence-electron chi connectivity index (χ0n) is 11.0. The van der Waals surface area contributed by atoms with E-state index < -0.39 is 16.5 Å². The zero-order valence-corrected chi connectivity index (χ0v) is 12.6. The van der Waals surface area contributed by atoms with Gasteiger partial charge in [0.15, 0.2) is 0 Å². The predicted molar refractivity (Wildman–Crippen MR) is 72.8 cm³/mol. The molecule has 1 fully saturated rings. The fourth-order valence-corrected chi connectivity index (χ4v) is 3.50. The lowest BCUT2D eigenvalue weighted by Crippen LogP contribution is -2.40. The van der Waals surface area contributed by atoms with E-state index in [1.807, 2.05) is 0 Å². The normalized spacial score (nSPS) is 18.8. The molecule has 1 aromatic rings. The summed E-state index contributed by atoms with van der Waals surface area (Å²) >= 11 is 3.38. The van der Waals surface area contributed by atoms with E-state index in [9.17, 15) is 8.78 Å². The fourth-order valence-electron chi connectivity index (χ4n) is 2.47. The van der Waals surface area contributed by atoms with Gasteiger partial charge in [-0.2, -0.15) is 0 Å². The molecule has 106 valence electrons. The Bertz CT molecular complexity index is 432. The highest BCUT2D eigenvalue weighted by molar-refractivity contribution is 9.09. The molecular weight excluding hydrogens is 318 g/mol. The Hall–Kier alpha value is -0.680. The predicted octanol–water partition coefficient (Wildman–Crippen LogP) is 4.37. The van der Waals surface area contributed by atoms with Gasteiger partial charge in [0.1, 0.15) is 17.4 Å². The standard InChI is InChI=1S/C14H17BrF2O2/c1-18-9-6-11(16)13(12(17)7-9)10(15)8-14(19-2)4-3-5-14/h6-7,10H,3-5,8H2,1-2H3. The third-order valence-electron chi connectivity index (χ3n) is 3.85. The molecule has 1 aliphatic rings. The zero-order chi connectivity index (χ0) is 14.0. The fraction of sp³-hybridized carbons (Fsp3) is 0.571. The molecule has 1 saturated carbocycles. The number of hydrogen-bond acceptors (Lipinski definition) is 2. The molecule has 0 aliphatic heterocycles. The molecule has 1 atom stereocenters. The lowest BCUT2D eigenvalue weighted by atomic mass is 9.76. The lowest BCUT2D eigenvalue weighted by molar-refractivity contribution is -0.0775. The molecule has 0 N–H and O–H groups in total. The summed E-state index contributed by atoms with van der Waals surface area (Å²) in [6.45, 7) is 0. The molecule has 19 heavy (non-hydrogen) atoms. The maximum Gasteiger partial charge on any atom is 0.134 e. The van der Waals surface area contributed by atoms with Gasteiger partial charge in [-0.05, 0) is 25.7 Å². The van der Waals surface area contributed by atoms with Crippen LogP contribution in [0.25, 0.3) is 0 Å². The molecule has 0 heterocycles. The average molecular weight is 335 g/mol. The van der Waals surface area contributed by atoms with Crippen molar-refractivity contribution >= 4 is 15.9 Å². The Labute approximate surface area is 120 Å². The van der Waals surface area contributed by atoms with Crippen molar-refractivity contribution in [1.29, 1.82) is 0 Å². The van der Waals surface area contributed by atoms with Crippen molar-refractivity contribution in [2.75, 3.05) is 14.2 Å². The van der Waals surface area contributed by atoms with Crippen molar-refractivity contribution in [2.45, 2.75) is 36.1 Å². The second-order valence-corrected chi connectivity index (χ2v) is 6.02. The van der Waals surface area contributed by atoms with Crippen LogP contribution < -0.4 is 4.74 Å². The topological polar surface area (TPSA) is 18.5 Å². The van der Waals surface area contributed by atoms with E-state index >= 15 is 0 Å². The van der Waals surface area contributed by atoms with Gasteiger partial charge in [0, 0.05) is 29.6 Å². The minimum atomic E-state index is -0.593. The summed E-state index contributed by atoms with van der Waals surface area (Å²) in [5, 5.41) is 0. The van der Waals surface area contributed by atoms with E-state index in [-0.39, 0.29) is 16.9 Å². The minimum Gasteiger partial charge on any atom is -0.497 e. The van der Waals surface area contributed by atoms with Crippen molar-refractivity contribution < 1.29 is 18.3 Å². The Kier molecular flexibility index (Phi) is 4.46. The Morgan fingerprint density at radius 2 is 1.84 bits per heavy atom. The third kappa shape index (κ3) is 2.92. The second-order valence-electron chi connectivity index (χ2n) is 4.92. The lowest BCUT2D eigenvalue weighted by Gasteiger charge is -2.42. The molecule has 1 aliphatic carbocycles. The third-order valence-corrected chi connectivity index (χ3v) is 4.63. The first-order chi connectivity index (χ1) is 9.01. The van der Waals surface area contributed by atoms with E-state index in [1.165, 1.54) is 19.2 Å².